The molecule has 0 bridgehead atoms. The minimum atomic E-state index is -0.424. The van der Waals surface area contributed by atoms with E-state index in [1.165, 1.54) is 11.6 Å². The van der Waals surface area contributed by atoms with Crippen LogP contribution in [0.15, 0.2) is 79.5 Å². The summed E-state index contributed by atoms with van der Waals surface area (Å²) in [6.45, 7) is 6.45. The number of unbranched alkanes of at least 4 members (excludes halogenated alkanes) is 3. The third-order valence-corrected chi connectivity index (χ3v) is 5.40. The topological polar surface area (TPSA) is 74.7 Å². The Morgan fingerprint density at radius 2 is 1.54 bits per heavy atom. The van der Waals surface area contributed by atoms with Crippen LogP contribution in [0.4, 0.5) is 0 Å². The van der Waals surface area contributed by atoms with Gasteiger partial charge >= 0.3 is 11.9 Å². The lowest BCUT2D eigenvalue weighted by Crippen LogP contribution is -2.08. The van der Waals surface area contributed by atoms with Gasteiger partial charge in [0.25, 0.3) is 0 Å². The average molecular weight is 474 g/mol. The summed E-state index contributed by atoms with van der Waals surface area (Å²) in [5.74, 6) is 0.368. The van der Waals surface area contributed by atoms with Gasteiger partial charge in [0.05, 0.1) is 24.5 Å². The first kappa shape index (κ1) is 25.7. The Bertz CT molecular complexity index is 1090. The molecule has 6 nitrogen and oxygen atoms in total. The van der Waals surface area contributed by atoms with Crippen molar-refractivity contribution < 1.29 is 23.8 Å². The number of hydrogen-bond donors (Lipinski definition) is 0. The summed E-state index contributed by atoms with van der Waals surface area (Å²) in [6, 6.07) is 18.3. The summed E-state index contributed by atoms with van der Waals surface area (Å²) in [5, 5.41) is 0. The van der Waals surface area contributed by atoms with Gasteiger partial charge in [0.1, 0.15) is 11.5 Å². The molecule has 1 heterocycles. The predicted octanol–water partition coefficient (Wildman–Crippen LogP) is 6.20. The number of pyridine rings is 1. The van der Waals surface area contributed by atoms with Gasteiger partial charge in [-0.15, -0.1) is 0 Å². The van der Waals surface area contributed by atoms with Gasteiger partial charge in [-0.1, -0.05) is 19.6 Å². The molecule has 3 aromatic rings. The monoisotopic (exact) mass is 473 g/mol. The van der Waals surface area contributed by atoms with Gasteiger partial charge in [-0.25, -0.2) is 9.59 Å². The van der Waals surface area contributed by atoms with Crippen molar-refractivity contribution >= 4 is 11.9 Å². The van der Waals surface area contributed by atoms with Crippen LogP contribution in [0.1, 0.15) is 48.5 Å². The molecule has 2 aromatic carbocycles. The maximum atomic E-state index is 12.5. The van der Waals surface area contributed by atoms with E-state index in [1.807, 2.05) is 24.4 Å². The fourth-order valence-electron chi connectivity index (χ4n) is 3.33. The van der Waals surface area contributed by atoms with Crippen LogP contribution in [0, 0.1) is 0 Å². The van der Waals surface area contributed by atoms with E-state index in [-0.39, 0.29) is 5.97 Å². The van der Waals surface area contributed by atoms with E-state index < -0.39 is 5.97 Å². The van der Waals surface area contributed by atoms with Crippen LogP contribution < -0.4 is 9.47 Å². The van der Waals surface area contributed by atoms with Crippen LogP contribution in [-0.4, -0.2) is 30.1 Å². The maximum absolute atomic E-state index is 12.5. The second kappa shape index (κ2) is 13.7. The minimum absolute atomic E-state index is 0.385. The van der Waals surface area contributed by atoms with Crippen molar-refractivity contribution in [1.29, 1.82) is 0 Å². The zero-order valence-electron chi connectivity index (χ0n) is 20.1. The fourth-order valence-corrected chi connectivity index (χ4v) is 3.33. The molecule has 0 aliphatic heterocycles. The summed E-state index contributed by atoms with van der Waals surface area (Å²) in [5.41, 5.74) is 3.48. The molecule has 0 atom stereocenters. The third kappa shape index (κ3) is 8.41. The molecule has 1 aromatic heterocycles. The molecule has 3 rings (SSSR count). The van der Waals surface area contributed by atoms with E-state index in [9.17, 15) is 9.59 Å². The Balaban J connectivity index is 1.39. The van der Waals surface area contributed by atoms with E-state index in [0.717, 1.165) is 43.4 Å². The van der Waals surface area contributed by atoms with Crippen molar-refractivity contribution in [3.05, 3.63) is 90.6 Å². The van der Waals surface area contributed by atoms with E-state index >= 15 is 0 Å². The van der Waals surface area contributed by atoms with Gasteiger partial charge in [0.2, 0.25) is 0 Å². The van der Waals surface area contributed by atoms with Gasteiger partial charge in [-0.2, -0.15) is 0 Å². The number of aryl methyl sites for hydroxylation is 1. The van der Waals surface area contributed by atoms with Crippen molar-refractivity contribution in [2.24, 2.45) is 0 Å². The Hall–Kier alpha value is -3.93. The maximum Gasteiger partial charge on any atom is 0.343 e. The summed E-state index contributed by atoms with van der Waals surface area (Å²) in [4.78, 5) is 27.9. The van der Waals surface area contributed by atoms with E-state index in [0.29, 0.717) is 30.3 Å². The first-order valence-corrected chi connectivity index (χ1v) is 11.9. The molecule has 0 spiro atoms. The summed E-state index contributed by atoms with van der Waals surface area (Å²) >= 11 is 0. The Labute approximate surface area is 206 Å². The van der Waals surface area contributed by atoms with Crippen molar-refractivity contribution in [3.8, 4) is 22.8 Å². The lowest BCUT2D eigenvalue weighted by molar-refractivity contribution is -0.137. The number of esters is 2. The number of carbonyl (C=O) groups excluding carboxylic acids is 2. The number of hydrogen-bond acceptors (Lipinski definition) is 6. The highest BCUT2D eigenvalue weighted by molar-refractivity contribution is 5.91. The molecule has 0 aliphatic carbocycles. The molecule has 0 saturated heterocycles. The largest absolute Gasteiger partial charge is 0.494 e. The number of nitrogens with zero attached hydrogens (tertiary/aromatic N) is 1. The van der Waals surface area contributed by atoms with E-state index in [4.69, 9.17) is 14.2 Å². The zero-order valence-corrected chi connectivity index (χ0v) is 20.1. The van der Waals surface area contributed by atoms with Crippen molar-refractivity contribution in [1.82, 2.24) is 4.98 Å². The lowest BCUT2D eigenvalue weighted by Gasteiger charge is -2.08. The molecule has 0 aliphatic rings. The quantitative estimate of drug-likeness (QED) is 0.127. The second-order valence-corrected chi connectivity index (χ2v) is 7.98. The van der Waals surface area contributed by atoms with Crippen molar-refractivity contribution in [2.45, 2.75) is 39.0 Å². The number of ether oxygens (including phenoxy) is 3. The highest BCUT2D eigenvalue weighted by Gasteiger charge is 2.09. The fraction of sp³-hybridized carbons (Fsp3) is 0.276. The number of rotatable bonds is 13. The third-order valence-electron chi connectivity index (χ3n) is 5.40. The first-order valence-electron chi connectivity index (χ1n) is 11.9. The van der Waals surface area contributed by atoms with Crippen molar-refractivity contribution in [3.63, 3.8) is 0 Å². The van der Waals surface area contributed by atoms with Crippen LogP contribution in [0.2, 0.25) is 0 Å². The molecule has 182 valence electrons. The van der Waals surface area contributed by atoms with Crippen LogP contribution in [0.3, 0.4) is 0 Å². The van der Waals surface area contributed by atoms with E-state index in [1.54, 1.807) is 36.4 Å². The molecule has 0 amide bonds. The summed E-state index contributed by atoms with van der Waals surface area (Å²) < 4.78 is 16.2. The first-order chi connectivity index (χ1) is 17.1. The van der Waals surface area contributed by atoms with Gasteiger partial charge in [-0.3, -0.25) is 4.98 Å². The molecule has 0 fully saturated rings. The molecule has 6 heteroatoms. The van der Waals surface area contributed by atoms with Gasteiger partial charge in [0.15, 0.2) is 0 Å². The summed E-state index contributed by atoms with van der Waals surface area (Å²) in [6.07, 6.45) is 7.66. The molecular formula is C29H31NO5. The normalized spacial score (nSPS) is 10.4. The number of carbonyl (C=O) groups is 2. The second-order valence-electron chi connectivity index (χ2n) is 7.98. The van der Waals surface area contributed by atoms with Crippen molar-refractivity contribution in [2.75, 3.05) is 13.2 Å². The highest BCUT2D eigenvalue weighted by Crippen LogP contribution is 2.22. The minimum Gasteiger partial charge on any atom is -0.494 e. The summed E-state index contributed by atoms with van der Waals surface area (Å²) in [7, 11) is 0. The molecule has 35 heavy (non-hydrogen) atoms. The molecule has 0 N–H and O–H groups in total. The molecular weight excluding hydrogens is 442 g/mol. The van der Waals surface area contributed by atoms with Crippen LogP contribution in [-0.2, 0) is 16.0 Å². The number of aromatic nitrogens is 1. The Morgan fingerprint density at radius 3 is 2.17 bits per heavy atom. The van der Waals surface area contributed by atoms with Crippen LogP contribution in [0.5, 0.6) is 11.5 Å². The van der Waals surface area contributed by atoms with Gasteiger partial charge < -0.3 is 14.2 Å². The van der Waals surface area contributed by atoms with Crippen LogP contribution in [0.25, 0.3) is 11.3 Å². The zero-order chi connectivity index (χ0) is 24.9. The predicted molar refractivity (Wildman–Crippen MR) is 136 cm³/mol. The highest BCUT2D eigenvalue weighted by atomic mass is 16.5. The molecule has 0 radical (unpaired) electrons. The Kier molecular flexibility index (Phi) is 10.1. The standard InChI is InChI=1S/C29H31NO5/c1-3-22-9-18-27(30-21-22)23-10-16-26(17-11-23)35-29(32)24-12-14-25(15-13-24)33-19-7-5-6-8-20-34-28(31)4-2/h4,9-18,21H,2-3,5-8,19-20H2,1H3. The van der Waals surface area contributed by atoms with Gasteiger partial charge in [0, 0.05) is 17.8 Å². The Morgan fingerprint density at radius 1 is 0.857 bits per heavy atom. The molecule has 0 unspecified atom stereocenters. The average Bonchev–Trinajstić information content (AvgIpc) is 2.90. The van der Waals surface area contributed by atoms with E-state index in [2.05, 4.69) is 24.6 Å². The molecule has 0 saturated carbocycles. The smallest absolute Gasteiger partial charge is 0.343 e. The lowest BCUT2D eigenvalue weighted by atomic mass is 10.1. The number of benzene rings is 2. The van der Waals surface area contributed by atoms with Crippen LogP contribution >= 0.6 is 0 Å². The van der Waals surface area contributed by atoms with Gasteiger partial charge in [-0.05, 0) is 92.3 Å². The SMILES string of the molecule is C=CC(=O)OCCCCCCOc1ccc(C(=O)Oc2ccc(-c3ccc(CC)cn3)cc2)cc1.